The number of para-hydroxylation sites is 1. The predicted octanol–water partition coefficient (Wildman–Crippen LogP) is 4.75. The van der Waals surface area contributed by atoms with Crippen molar-refractivity contribution < 1.29 is 4.79 Å². The Hall–Kier alpha value is -2.67. The highest BCUT2D eigenvalue weighted by Gasteiger charge is 2.26. The van der Waals surface area contributed by atoms with E-state index in [-0.39, 0.29) is 17.9 Å². The van der Waals surface area contributed by atoms with Gasteiger partial charge in [-0.3, -0.25) is 4.79 Å². The van der Waals surface area contributed by atoms with Crippen molar-refractivity contribution in [3.8, 4) is 0 Å². The van der Waals surface area contributed by atoms with Crippen LogP contribution in [0.3, 0.4) is 0 Å². The molecule has 162 valence electrons. The van der Waals surface area contributed by atoms with E-state index in [2.05, 4.69) is 26.6 Å². The number of rotatable bonds is 6. The number of fused-ring (bicyclic) bond motifs is 1. The van der Waals surface area contributed by atoms with E-state index in [9.17, 15) is 4.79 Å². The minimum atomic E-state index is 0.0695. The lowest BCUT2D eigenvalue weighted by atomic mass is 9.85. The summed E-state index contributed by atoms with van der Waals surface area (Å²) in [6, 6.07) is 16.4. The van der Waals surface area contributed by atoms with Crippen molar-refractivity contribution in [2.45, 2.75) is 38.3 Å². The molecule has 1 amide bonds. The summed E-state index contributed by atoms with van der Waals surface area (Å²) >= 11 is 3.47. The first kappa shape index (κ1) is 21.6. The van der Waals surface area contributed by atoms with Crippen LogP contribution in [-0.2, 0) is 11.3 Å². The molecule has 1 aliphatic carbocycles. The number of halogens is 1. The molecule has 3 aromatic rings. The maximum absolute atomic E-state index is 12.6. The van der Waals surface area contributed by atoms with E-state index in [4.69, 9.17) is 9.97 Å². The number of carbonyl (C=O) groups is 1. The molecular weight excluding hydrogens is 454 g/mol. The van der Waals surface area contributed by atoms with Crippen LogP contribution in [0.2, 0.25) is 0 Å². The molecule has 0 atom stereocenters. The molecular formula is C24H28BrN5O. The van der Waals surface area contributed by atoms with Gasteiger partial charge in [0, 0.05) is 42.5 Å². The van der Waals surface area contributed by atoms with Crippen LogP contribution in [0.4, 0.5) is 11.8 Å². The Morgan fingerprint density at radius 1 is 1.06 bits per heavy atom. The molecule has 1 heterocycles. The number of carbonyl (C=O) groups excluding carboxylic acids is 1. The zero-order valence-corrected chi connectivity index (χ0v) is 19.5. The summed E-state index contributed by atoms with van der Waals surface area (Å²) in [5.74, 6) is 1.79. The molecule has 2 aromatic carbocycles. The second kappa shape index (κ2) is 9.64. The molecule has 7 heteroatoms. The SMILES string of the molecule is CN(C)c1nc(NC2CCC(C(=O)NCc3cccc(Br)c3)CC2)nc2ccccc12. The average molecular weight is 482 g/mol. The van der Waals surface area contributed by atoms with Crippen LogP contribution in [-0.4, -0.2) is 36.0 Å². The second-order valence-electron chi connectivity index (χ2n) is 8.32. The normalized spacial score (nSPS) is 18.5. The first-order valence-corrected chi connectivity index (χ1v) is 11.5. The number of nitrogens with one attached hydrogen (secondary N) is 2. The Labute approximate surface area is 191 Å². The van der Waals surface area contributed by atoms with E-state index in [1.807, 2.05) is 67.5 Å². The minimum Gasteiger partial charge on any atom is -0.362 e. The quantitative estimate of drug-likeness (QED) is 0.531. The summed E-state index contributed by atoms with van der Waals surface area (Å²) in [7, 11) is 3.99. The van der Waals surface area contributed by atoms with Crippen molar-refractivity contribution in [2.75, 3.05) is 24.3 Å². The smallest absolute Gasteiger partial charge is 0.225 e. The molecule has 1 saturated carbocycles. The summed E-state index contributed by atoms with van der Waals surface area (Å²) < 4.78 is 1.03. The van der Waals surface area contributed by atoms with E-state index in [1.54, 1.807) is 0 Å². The third kappa shape index (κ3) is 5.34. The Balaban J connectivity index is 1.33. The molecule has 31 heavy (non-hydrogen) atoms. The van der Waals surface area contributed by atoms with E-state index in [0.717, 1.165) is 52.4 Å². The third-order valence-electron chi connectivity index (χ3n) is 5.79. The Bertz CT molecular complexity index is 1060. The topological polar surface area (TPSA) is 70.2 Å². The zero-order chi connectivity index (χ0) is 21.8. The Morgan fingerprint density at radius 2 is 1.84 bits per heavy atom. The molecule has 0 saturated heterocycles. The fourth-order valence-corrected chi connectivity index (χ4v) is 4.57. The summed E-state index contributed by atoms with van der Waals surface area (Å²) in [4.78, 5) is 24.1. The molecule has 0 bridgehead atoms. The summed E-state index contributed by atoms with van der Waals surface area (Å²) in [5.41, 5.74) is 2.03. The van der Waals surface area contributed by atoms with Gasteiger partial charge in [-0.25, -0.2) is 4.98 Å². The number of benzene rings is 2. The molecule has 1 fully saturated rings. The Kier molecular flexibility index (Phi) is 6.70. The number of anilines is 2. The molecule has 1 aliphatic rings. The lowest BCUT2D eigenvalue weighted by Crippen LogP contribution is -2.35. The van der Waals surface area contributed by atoms with Crippen molar-refractivity contribution in [2.24, 2.45) is 5.92 Å². The number of hydrogen-bond acceptors (Lipinski definition) is 5. The third-order valence-corrected chi connectivity index (χ3v) is 6.29. The predicted molar refractivity (Wildman–Crippen MR) is 129 cm³/mol. The maximum Gasteiger partial charge on any atom is 0.225 e. The highest BCUT2D eigenvalue weighted by molar-refractivity contribution is 9.10. The first-order valence-electron chi connectivity index (χ1n) is 10.7. The van der Waals surface area contributed by atoms with Crippen LogP contribution in [0.5, 0.6) is 0 Å². The van der Waals surface area contributed by atoms with Gasteiger partial charge in [0.2, 0.25) is 11.9 Å². The average Bonchev–Trinajstić information content (AvgIpc) is 2.77. The van der Waals surface area contributed by atoms with Crippen LogP contribution >= 0.6 is 15.9 Å². The number of aromatic nitrogens is 2. The van der Waals surface area contributed by atoms with Crippen molar-refractivity contribution in [3.63, 3.8) is 0 Å². The van der Waals surface area contributed by atoms with Crippen LogP contribution in [0, 0.1) is 5.92 Å². The zero-order valence-electron chi connectivity index (χ0n) is 17.9. The monoisotopic (exact) mass is 481 g/mol. The van der Waals surface area contributed by atoms with Crippen LogP contribution in [0.25, 0.3) is 10.9 Å². The van der Waals surface area contributed by atoms with Crippen LogP contribution in [0.1, 0.15) is 31.2 Å². The fraction of sp³-hybridized carbons (Fsp3) is 0.375. The molecule has 0 unspecified atom stereocenters. The van der Waals surface area contributed by atoms with Crippen molar-refractivity contribution in [1.29, 1.82) is 0 Å². The highest BCUT2D eigenvalue weighted by Crippen LogP contribution is 2.28. The lowest BCUT2D eigenvalue weighted by Gasteiger charge is -2.28. The van der Waals surface area contributed by atoms with Gasteiger partial charge < -0.3 is 15.5 Å². The molecule has 0 aliphatic heterocycles. The summed E-state index contributed by atoms with van der Waals surface area (Å²) in [5, 5.41) is 7.64. The lowest BCUT2D eigenvalue weighted by molar-refractivity contribution is -0.126. The maximum atomic E-state index is 12.6. The van der Waals surface area contributed by atoms with Gasteiger partial charge in [-0.15, -0.1) is 0 Å². The van der Waals surface area contributed by atoms with E-state index in [0.29, 0.717) is 12.5 Å². The van der Waals surface area contributed by atoms with Gasteiger partial charge in [-0.2, -0.15) is 4.98 Å². The standard InChI is InChI=1S/C24H28BrN5O/c1-30(2)22-20-8-3-4-9-21(20)28-24(29-22)27-19-12-10-17(11-13-19)23(31)26-15-16-6-5-7-18(25)14-16/h3-9,14,17,19H,10-13,15H2,1-2H3,(H,26,31)(H,27,28,29). The molecule has 4 rings (SSSR count). The van der Waals surface area contributed by atoms with Crippen molar-refractivity contribution in [1.82, 2.24) is 15.3 Å². The van der Waals surface area contributed by atoms with Gasteiger partial charge >= 0.3 is 0 Å². The summed E-state index contributed by atoms with van der Waals surface area (Å²) in [6.07, 6.45) is 3.61. The first-order chi connectivity index (χ1) is 15.0. The molecule has 1 aromatic heterocycles. The van der Waals surface area contributed by atoms with E-state index >= 15 is 0 Å². The molecule has 6 nitrogen and oxygen atoms in total. The highest BCUT2D eigenvalue weighted by atomic mass is 79.9. The van der Waals surface area contributed by atoms with Crippen LogP contribution < -0.4 is 15.5 Å². The largest absolute Gasteiger partial charge is 0.362 e. The van der Waals surface area contributed by atoms with Gasteiger partial charge in [0.25, 0.3) is 0 Å². The van der Waals surface area contributed by atoms with Crippen molar-refractivity contribution >= 4 is 44.5 Å². The van der Waals surface area contributed by atoms with Gasteiger partial charge in [0.15, 0.2) is 0 Å². The number of amides is 1. The van der Waals surface area contributed by atoms with E-state index in [1.165, 1.54) is 0 Å². The number of nitrogens with zero attached hydrogens (tertiary/aromatic N) is 3. The Morgan fingerprint density at radius 3 is 2.58 bits per heavy atom. The fourth-order valence-electron chi connectivity index (χ4n) is 4.13. The van der Waals surface area contributed by atoms with Gasteiger partial charge in [-0.05, 0) is 55.5 Å². The van der Waals surface area contributed by atoms with Crippen molar-refractivity contribution in [3.05, 3.63) is 58.6 Å². The molecule has 0 radical (unpaired) electrons. The number of hydrogen-bond donors (Lipinski definition) is 2. The molecule has 2 N–H and O–H groups in total. The van der Waals surface area contributed by atoms with Gasteiger partial charge in [0.05, 0.1) is 5.52 Å². The van der Waals surface area contributed by atoms with Crippen LogP contribution in [0.15, 0.2) is 53.0 Å². The summed E-state index contributed by atoms with van der Waals surface area (Å²) in [6.45, 7) is 0.564. The van der Waals surface area contributed by atoms with Gasteiger partial charge in [-0.1, -0.05) is 40.2 Å². The van der Waals surface area contributed by atoms with E-state index < -0.39 is 0 Å². The van der Waals surface area contributed by atoms with Gasteiger partial charge in [0.1, 0.15) is 5.82 Å². The minimum absolute atomic E-state index is 0.0695. The molecule has 0 spiro atoms. The second-order valence-corrected chi connectivity index (χ2v) is 9.24.